The van der Waals surface area contributed by atoms with Crippen LogP contribution >= 0.6 is 12.2 Å². The summed E-state index contributed by atoms with van der Waals surface area (Å²) in [7, 11) is 0. The van der Waals surface area contributed by atoms with Crippen LogP contribution in [0.5, 0.6) is 0 Å². The van der Waals surface area contributed by atoms with E-state index in [2.05, 4.69) is 33.0 Å². The van der Waals surface area contributed by atoms with Gasteiger partial charge in [-0.25, -0.2) is 0 Å². The minimum atomic E-state index is -0.443. The number of nitro groups is 1. The van der Waals surface area contributed by atoms with Crippen LogP contribution in [0.25, 0.3) is 0 Å². The molecule has 0 aliphatic rings. The van der Waals surface area contributed by atoms with Gasteiger partial charge < -0.3 is 11.1 Å². The van der Waals surface area contributed by atoms with Gasteiger partial charge in [0.05, 0.1) is 11.1 Å². The lowest BCUT2D eigenvalue weighted by molar-refractivity contribution is -0.384. The summed E-state index contributed by atoms with van der Waals surface area (Å²) < 4.78 is 0. The molecule has 0 saturated carbocycles. The maximum atomic E-state index is 11.2. The molecule has 9 heteroatoms. The van der Waals surface area contributed by atoms with E-state index in [-0.39, 0.29) is 10.8 Å². The topological polar surface area (TPSA) is 118 Å². The molecule has 0 aliphatic heterocycles. The van der Waals surface area contributed by atoms with Crippen LogP contribution < -0.4 is 16.5 Å². The Labute approximate surface area is 143 Å². The van der Waals surface area contributed by atoms with Crippen molar-refractivity contribution in [2.24, 2.45) is 10.8 Å². The minimum absolute atomic E-state index is 0.0218. The van der Waals surface area contributed by atoms with Gasteiger partial charge in [0.1, 0.15) is 5.69 Å². The zero-order valence-corrected chi connectivity index (χ0v) is 13.5. The van der Waals surface area contributed by atoms with Crippen molar-refractivity contribution in [3.63, 3.8) is 0 Å². The molecule has 0 unspecified atom stereocenters. The SMILES string of the molecule is NC(=S)NN=Cc1ccc(NCCc2ccccn2)c([N+](=O)[O-])c1. The molecule has 0 fully saturated rings. The molecule has 1 heterocycles. The number of aromatic nitrogens is 1. The van der Waals surface area contributed by atoms with E-state index in [1.807, 2.05) is 18.2 Å². The number of anilines is 1. The highest BCUT2D eigenvalue weighted by Crippen LogP contribution is 2.25. The molecule has 0 saturated heterocycles. The maximum Gasteiger partial charge on any atom is 0.292 e. The number of benzene rings is 1. The number of nitrogens with zero attached hydrogens (tertiary/aromatic N) is 3. The van der Waals surface area contributed by atoms with Crippen molar-refractivity contribution in [3.8, 4) is 0 Å². The van der Waals surface area contributed by atoms with Gasteiger partial charge in [-0.3, -0.25) is 20.5 Å². The number of hydrogen-bond acceptors (Lipinski definition) is 6. The zero-order valence-electron chi connectivity index (χ0n) is 12.7. The molecule has 2 aromatic rings. The Bertz CT molecular complexity index is 751. The number of thiocarbonyl (C=S) groups is 1. The fourth-order valence-corrected chi connectivity index (χ4v) is 2.02. The van der Waals surface area contributed by atoms with E-state index < -0.39 is 4.92 Å². The van der Waals surface area contributed by atoms with Gasteiger partial charge in [0.25, 0.3) is 5.69 Å². The fourth-order valence-electron chi connectivity index (χ4n) is 1.97. The van der Waals surface area contributed by atoms with Gasteiger partial charge >= 0.3 is 0 Å². The Balaban J connectivity index is 2.04. The third kappa shape index (κ3) is 5.29. The Hall–Kier alpha value is -3.07. The molecule has 24 heavy (non-hydrogen) atoms. The number of nitrogens with two attached hydrogens (primary N) is 1. The third-order valence-corrected chi connectivity index (χ3v) is 3.12. The number of nitro benzene ring substituents is 1. The van der Waals surface area contributed by atoms with Crippen LogP contribution in [0.2, 0.25) is 0 Å². The fraction of sp³-hybridized carbons (Fsp3) is 0.133. The van der Waals surface area contributed by atoms with E-state index in [1.165, 1.54) is 12.3 Å². The summed E-state index contributed by atoms with van der Waals surface area (Å²) in [6, 6.07) is 10.4. The number of rotatable bonds is 7. The Morgan fingerprint density at radius 3 is 2.92 bits per heavy atom. The van der Waals surface area contributed by atoms with Crippen molar-refractivity contribution >= 4 is 34.9 Å². The molecule has 8 nitrogen and oxygen atoms in total. The van der Waals surface area contributed by atoms with Gasteiger partial charge in [0.2, 0.25) is 0 Å². The van der Waals surface area contributed by atoms with Crippen molar-refractivity contribution in [1.82, 2.24) is 10.4 Å². The molecule has 4 N–H and O–H groups in total. The van der Waals surface area contributed by atoms with Crippen LogP contribution in [0.1, 0.15) is 11.3 Å². The lowest BCUT2D eigenvalue weighted by Gasteiger charge is -2.07. The van der Waals surface area contributed by atoms with Crippen molar-refractivity contribution in [3.05, 3.63) is 64.0 Å². The van der Waals surface area contributed by atoms with Crippen LogP contribution in [-0.2, 0) is 6.42 Å². The summed E-state index contributed by atoms with van der Waals surface area (Å²) in [6.45, 7) is 0.536. The third-order valence-electron chi connectivity index (χ3n) is 3.03. The number of nitrogens with one attached hydrogen (secondary N) is 2. The first-order valence-electron chi connectivity index (χ1n) is 7.07. The first-order chi connectivity index (χ1) is 11.6. The van der Waals surface area contributed by atoms with E-state index >= 15 is 0 Å². The first-order valence-corrected chi connectivity index (χ1v) is 7.48. The van der Waals surface area contributed by atoms with Gasteiger partial charge in [-0.2, -0.15) is 5.10 Å². The number of pyridine rings is 1. The van der Waals surface area contributed by atoms with E-state index in [0.29, 0.717) is 24.2 Å². The van der Waals surface area contributed by atoms with Gasteiger partial charge in [-0.1, -0.05) is 12.1 Å². The van der Waals surface area contributed by atoms with Crippen LogP contribution in [-0.4, -0.2) is 27.8 Å². The van der Waals surface area contributed by atoms with E-state index in [0.717, 1.165) is 5.69 Å². The standard InChI is InChI=1S/C15H16N6O2S/c16-15(24)20-19-10-11-4-5-13(14(9-11)21(22)23)18-8-6-12-3-1-2-7-17-12/h1-5,7,9-10,18H,6,8H2,(H3,16,20,24). The highest BCUT2D eigenvalue weighted by Gasteiger charge is 2.13. The highest BCUT2D eigenvalue weighted by atomic mass is 32.1. The van der Waals surface area contributed by atoms with Crippen molar-refractivity contribution in [2.75, 3.05) is 11.9 Å². The first kappa shape index (κ1) is 17.3. The summed E-state index contributed by atoms with van der Waals surface area (Å²) in [5.74, 6) is 0. The van der Waals surface area contributed by atoms with Gasteiger partial charge in [0.15, 0.2) is 5.11 Å². The van der Waals surface area contributed by atoms with E-state index in [1.54, 1.807) is 18.3 Å². The van der Waals surface area contributed by atoms with Gasteiger partial charge in [-0.05, 0) is 30.4 Å². The second kappa shape index (κ2) is 8.53. The molecule has 0 amide bonds. The highest BCUT2D eigenvalue weighted by molar-refractivity contribution is 7.80. The molecule has 0 atom stereocenters. The van der Waals surface area contributed by atoms with Crippen LogP contribution in [0, 0.1) is 10.1 Å². The molecule has 124 valence electrons. The van der Waals surface area contributed by atoms with Crippen molar-refractivity contribution < 1.29 is 4.92 Å². The summed E-state index contributed by atoms with van der Waals surface area (Å²) in [6.07, 6.45) is 3.79. The second-order valence-corrected chi connectivity index (χ2v) is 5.21. The van der Waals surface area contributed by atoms with Crippen LogP contribution in [0.15, 0.2) is 47.7 Å². The molecular formula is C15H16N6O2S. The van der Waals surface area contributed by atoms with Gasteiger partial charge in [-0.15, -0.1) is 0 Å². The zero-order chi connectivity index (χ0) is 17.4. The second-order valence-electron chi connectivity index (χ2n) is 4.77. The smallest absolute Gasteiger partial charge is 0.292 e. The predicted octanol–water partition coefficient (Wildman–Crippen LogP) is 1.81. The quantitative estimate of drug-likeness (QED) is 0.303. The Kier molecular flexibility index (Phi) is 6.15. The molecule has 0 radical (unpaired) electrons. The molecule has 0 spiro atoms. The van der Waals surface area contributed by atoms with Gasteiger partial charge in [0, 0.05) is 36.5 Å². The van der Waals surface area contributed by atoms with Crippen molar-refractivity contribution in [2.45, 2.75) is 6.42 Å². The van der Waals surface area contributed by atoms with Crippen LogP contribution in [0.4, 0.5) is 11.4 Å². The largest absolute Gasteiger partial charge is 0.379 e. The summed E-state index contributed by atoms with van der Waals surface area (Å²) in [4.78, 5) is 15.0. The molecule has 1 aromatic carbocycles. The van der Waals surface area contributed by atoms with Crippen molar-refractivity contribution in [1.29, 1.82) is 0 Å². The maximum absolute atomic E-state index is 11.2. The molecular weight excluding hydrogens is 328 g/mol. The average molecular weight is 344 g/mol. The lowest BCUT2D eigenvalue weighted by Crippen LogP contribution is -2.24. The Morgan fingerprint density at radius 2 is 2.25 bits per heavy atom. The molecule has 0 bridgehead atoms. The Morgan fingerprint density at radius 1 is 1.42 bits per heavy atom. The summed E-state index contributed by atoms with van der Waals surface area (Å²) in [5.41, 5.74) is 9.52. The predicted molar refractivity (Wildman–Crippen MR) is 97.0 cm³/mol. The number of hydrazone groups is 1. The molecule has 0 aliphatic carbocycles. The van der Waals surface area contributed by atoms with E-state index in [9.17, 15) is 10.1 Å². The van der Waals surface area contributed by atoms with Crippen LogP contribution in [0.3, 0.4) is 0 Å². The summed E-state index contributed by atoms with van der Waals surface area (Å²) in [5, 5.41) is 18.1. The normalized spacial score (nSPS) is 10.5. The number of hydrogen-bond donors (Lipinski definition) is 3. The minimum Gasteiger partial charge on any atom is -0.379 e. The summed E-state index contributed by atoms with van der Waals surface area (Å²) >= 11 is 4.62. The van der Waals surface area contributed by atoms with E-state index in [4.69, 9.17) is 5.73 Å². The molecule has 2 rings (SSSR count). The lowest BCUT2D eigenvalue weighted by atomic mass is 10.2. The molecule has 1 aromatic heterocycles. The average Bonchev–Trinajstić information content (AvgIpc) is 2.56. The monoisotopic (exact) mass is 344 g/mol.